The zero-order valence-electron chi connectivity index (χ0n) is 10.9. The van der Waals surface area contributed by atoms with Gasteiger partial charge in [0.2, 0.25) is 5.91 Å². The predicted molar refractivity (Wildman–Crippen MR) is 67.3 cm³/mol. The Morgan fingerprint density at radius 2 is 1.89 bits per heavy atom. The van der Waals surface area contributed by atoms with Gasteiger partial charge < -0.3 is 10.6 Å². The molecule has 6 heteroatoms. The first-order valence-electron chi connectivity index (χ1n) is 6.06. The number of rotatable bonds is 6. The zero-order chi connectivity index (χ0) is 14.4. The van der Waals surface area contributed by atoms with Gasteiger partial charge in [0.1, 0.15) is 0 Å². The number of anilines is 1. The molecule has 1 amide bonds. The van der Waals surface area contributed by atoms with Crippen molar-refractivity contribution in [3.05, 3.63) is 29.6 Å². The fourth-order valence-electron chi connectivity index (χ4n) is 1.40. The van der Waals surface area contributed by atoms with E-state index in [9.17, 15) is 18.0 Å². The lowest BCUT2D eigenvalue weighted by molar-refractivity contribution is -0.119. The van der Waals surface area contributed by atoms with E-state index in [1.165, 1.54) is 0 Å². The summed E-state index contributed by atoms with van der Waals surface area (Å²) >= 11 is 0. The van der Waals surface area contributed by atoms with Crippen LogP contribution in [0.25, 0.3) is 0 Å². The Hall–Kier alpha value is -1.72. The Labute approximate surface area is 110 Å². The minimum absolute atomic E-state index is 0.194. The van der Waals surface area contributed by atoms with E-state index in [4.69, 9.17) is 0 Å². The number of carbonyl (C=O) groups is 1. The second-order valence-corrected chi connectivity index (χ2v) is 4.61. The van der Waals surface area contributed by atoms with Crippen molar-refractivity contribution in [2.75, 3.05) is 18.4 Å². The molecular formula is C13H17F3N2O. The van der Waals surface area contributed by atoms with E-state index in [0.29, 0.717) is 12.5 Å². The quantitative estimate of drug-likeness (QED) is 0.783. The number of benzene rings is 1. The molecule has 0 aliphatic carbocycles. The normalized spacial score (nSPS) is 10.6. The molecule has 0 spiro atoms. The van der Waals surface area contributed by atoms with Gasteiger partial charge in [-0.2, -0.15) is 0 Å². The summed E-state index contributed by atoms with van der Waals surface area (Å²) in [4.78, 5) is 11.4. The highest BCUT2D eigenvalue weighted by Gasteiger charge is 2.13. The van der Waals surface area contributed by atoms with E-state index < -0.39 is 17.5 Å². The third-order valence-corrected chi connectivity index (χ3v) is 2.52. The van der Waals surface area contributed by atoms with Crippen LogP contribution in [0.15, 0.2) is 12.1 Å². The highest BCUT2D eigenvalue weighted by Crippen LogP contribution is 2.19. The molecule has 0 aliphatic heterocycles. The van der Waals surface area contributed by atoms with Gasteiger partial charge in [-0.05, 0) is 24.5 Å². The molecule has 0 atom stereocenters. The predicted octanol–water partition coefficient (Wildman–Crippen LogP) is 2.68. The van der Waals surface area contributed by atoms with Crippen molar-refractivity contribution in [2.24, 2.45) is 5.92 Å². The highest BCUT2D eigenvalue weighted by atomic mass is 19.2. The molecule has 0 aliphatic rings. The monoisotopic (exact) mass is 274 g/mol. The Morgan fingerprint density at radius 1 is 1.21 bits per heavy atom. The van der Waals surface area contributed by atoms with Gasteiger partial charge in [0.25, 0.3) is 0 Å². The van der Waals surface area contributed by atoms with Gasteiger partial charge in [0.15, 0.2) is 17.5 Å². The van der Waals surface area contributed by atoms with Crippen LogP contribution >= 0.6 is 0 Å². The molecule has 19 heavy (non-hydrogen) atoms. The lowest BCUT2D eigenvalue weighted by Crippen LogP contribution is -2.31. The van der Waals surface area contributed by atoms with Gasteiger partial charge in [0, 0.05) is 6.54 Å². The van der Waals surface area contributed by atoms with Crippen molar-refractivity contribution in [3.63, 3.8) is 0 Å². The zero-order valence-corrected chi connectivity index (χ0v) is 10.9. The second-order valence-electron chi connectivity index (χ2n) is 4.61. The smallest absolute Gasteiger partial charge is 0.239 e. The maximum absolute atomic E-state index is 13.3. The number of hydrogen-bond donors (Lipinski definition) is 2. The topological polar surface area (TPSA) is 41.1 Å². The molecule has 0 bridgehead atoms. The maximum Gasteiger partial charge on any atom is 0.239 e. The minimum atomic E-state index is -1.55. The van der Waals surface area contributed by atoms with Gasteiger partial charge >= 0.3 is 0 Å². The summed E-state index contributed by atoms with van der Waals surface area (Å²) in [6, 6.07) is 1.85. The standard InChI is InChI=1S/C13H17F3N2O/c1-8(2)5-6-17-11(19)7-18-10-4-3-9(14)12(15)13(10)16/h3-4,8,18H,5-7H2,1-2H3,(H,17,19). The summed E-state index contributed by atoms with van der Waals surface area (Å²) < 4.78 is 38.9. The molecule has 0 aromatic heterocycles. The third kappa shape index (κ3) is 4.81. The van der Waals surface area contributed by atoms with Crippen LogP contribution in [0.3, 0.4) is 0 Å². The molecule has 1 rings (SSSR count). The second kappa shape index (κ2) is 7.01. The number of nitrogens with one attached hydrogen (secondary N) is 2. The fraction of sp³-hybridized carbons (Fsp3) is 0.462. The molecule has 106 valence electrons. The highest BCUT2D eigenvalue weighted by molar-refractivity contribution is 5.80. The Bertz CT molecular complexity index is 450. The lowest BCUT2D eigenvalue weighted by atomic mass is 10.1. The van der Waals surface area contributed by atoms with E-state index in [1.807, 2.05) is 13.8 Å². The fourth-order valence-corrected chi connectivity index (χ4v) is 1.40. The minimum Gasteiger partial charge on any atom is -0.374 e. The van der Waals surface area contributed by atoms with Gasteiger partial charge in [-0.25, -0.2) is 13.2 Å². The van der Waals surface area contributed by atoms with Crippen LogP contribution in [-0.2, 0) is 4.79 Å². The van der Waals surface area contributed by atoms with Crippen LogP contribution in [0.5, 0.6) is 0 Å². The summed E-state index contributed by atoms with van der Waals surface area (Å²) in [6.07, 6.45) is 0.839. The average Bonchev–Trinajstić information content (AvgIpc) is 2.35. The third-order valence-electron chi connectivity index (χ3n) is 2.52. The molecule has 3 nitrogen and oxygen atoms in total. The van der Waals surface area contributed by atoms with Crippen molar-refractivity contribution < 1.29 is 18.0 Å². The van der Waals surface area contributed by atoms with Gasteiger partial charge in [-0.1, -0.05) is 13.8 Å². The Balaban J connectivity index is 2.44. The van der Waals surface area contributed by atoms with Crippen LogP contribution < -0.4 is 10.6 Å². The molecule has 0 heterocycles. The summed E-state index contributed by atoms with van der Waals surface area (Å²) in [5.41, 5.74) is -0.238. The molecule has 2 N–H and O–H groups in total. The average molecular weight is 274 g/mol. The Kier molecular flexibility index (Phi) is 5.66. The van der Waals surface area contributed by atoms with Gasteiger partial charge in [0.05, 0.1) is 12.2 Å². The summed E-state index contributed by atoms with van der Waals surface area (Å²) in [6.45, 7) is 4.39. The summed E-state index contributed by atoms with van der Waals surface area (Å²) in [7, 11) is 0. The molecule has 0 radical (unpaired) electrons. The van der Waals surface area contributed by atoms with E-state index in [-0.39, 0.29) is 18.1 Å². The SMILES string of the molecule is CC(C)CCNC(=O)CNc1ccc(F)c(F)c1F. The Morgan fingerprint density at radius 3 is 2.53 bits per heavy atom. The molecular weight excluding hydrogens is 257 g/mol. The molecule has 1 aromatic rings. The van der Waals surface area contributed by atoms with E-state index in [0.717, 1.165) is 18.6 Å². The maximum atomic E-state index is 13.3. The van der Waals surface area contributed by atoms with Crippen molar-refractivity contribution in [1.29, 1.82) is 0 Å². The van der Waals surface area contributed by atoms with E-state index >= 15 is 0 Å². The van der Waals surface area contributed by atoms with Crippen molar-refractivity contribution in [2.45, 2.75) is 20.3 Å². The van der Waals surface area contributed by atoms with Gasteiger partial charge in [-0.3, -0.25) is 4.79 Å². The molecule has 1 aromatic carbocycles. The number of hydrogen-bond acceptors (Lipinski definition) is 2. The largest absolute Gasteiger partial charge is 0.374 e. The van der Waals surface area contributed by atoms with Crippen molar-refractivity contribution in [3.8, 4) is 0 Å². The van der Waals surface area contributed by atoms with Crippen molar-refractivity contribution >= 4 is 11.6 Å². The molecule has 0 saturated carbocycles. The van der Waals surface area contributed by atoms with Gasteiger partial charge in [-0.15, -0.1) is 0 Å². The first kappa shape index (κ1) is 15.3. The van der Waals surface area contributed by atoms with Crippen LogP contribution in [0.4, 0.5) is 18.9 Å². The molecule has 0 fully saturated rings. The first-order chi connectivity index (χ1) is 8.91. The number of amides is 1. The summed E-state index contributed by atoms with van der Waals surface area (Å²) in [5, 5.41) is 5.06. The molecule has 0 unspecified atom stereocenters. The first-order valence-corrected chi connectivity index (χ1v) is 6.06. The molecule has 0 saturated heterocycles. The number of carbonyl (C=O) groups excluding carboxylic acids is 1. The van der Waals surface area contributed by atoms with Crippen LogP contribution in [0, 0.1) is 23.4 Å². The van der Waals surface area contributed by atoms with Crippen LogP contribution in [-0.4, -0.2) is 19.0 Å². The lowest BCUT2D eigenvalue weighted by Gasteiger charge is -2.10. The van der Waals surface area contributed by atoms with E-state index in [1.54, 1.807) is 0 Å². The summed E-state index contributed by atoms with van der Waals surface area (Å²) in [5.74, 6) is -3.99. The van der Waals surface area contributed by atoms with Crippen LogP contribution in [0.2, 0.25) is 0 Å². The van der Waals surface area contributed by atoms with Crippen molar-refractivity contribution in [1.82, 2.24) is 5.32 Å². The van der Waals surface area contributed by atoms with E-state index in [2.05, 4.69) is 10.6 Å². The van der Waals surface area contributed by atoms with Crippen LogP contribution in [0.1, 0.15) is 20.3 Å². The number of halogens is 3.